The Bertz CT molecular complexity index is 1010. The highest BCUT2D eigenvalue weighted by atomic mass is 32.1. The summed E-state index contributed by atoms with van der Waals surface area (Å²) in [5.74, 6) is 0.232. The summed E-state index contributed by atoms with van der Waals surface area (Å²) in [5, 5.41) is 3.19. The van der Waals surface area contributed by atoms with Gasteiger partial charge in [-0.3, -0.25) is 14.7 Å². The minimum atomic E-state index is 0.232. The molecule has 0 bridgehead atoms. The molecule has 1 aliphatic rings. The van der Waals surface area contributed by atoms with Crippen LogP contribution in [0.4, 0.5) is 5.13 Å². The smallest absolute Gasteiger partial charge is 0.185 e. The Hall–Kier alpha value is -2.35. The fourth-order valence-corrected chi connectivity index (χ4v) is 4.39. The monoisotopic (exact) mass is 409 g/mol. The number of likely N-dealkylation sites (N-methyl/N-ethyl adjacent to an activating group) is 1. The van der Waals surface area contributed by atoms with Crippen molar-refractivity contribution in [3.8, 4) is 10.4 Å². The van der Waals surface area contributed by atoms with Gasteiger partial charge in [0.15, 0.2) is 10.9 Å². The molecule has 3 heterocycles. The number of thiazole rings is 1. The van der Waals surface area contributed by atoms with Crippen LogP contribution in [-0.2, 0) is 11.2 Å². The molecular weight excluding hydrogens is 382 g/mol. The number of Topliss-reactive ketones (excluding diaryl/α,β-unsaturated/α-hetero) is 1. The summed E-state index contributed by atoms with van der Waals surface area (Å²) in [6, 6.07) is 8.41. The highest BCUT2D eigenvalue weighted by Gasteiger charge is 2.17. The lowest BCUT2D eigenvalue weighted by molar-refractivity contribution is -0.120. The average Bonchev–Trinajstić information content (AvgIpc) is 3.20. The summed E-state index contributed by atoms with van der Waals surface area (Å²) in [4.78, 5) is 29.2. The van der Waals surface area contributed by atoms with Gasteiger partial charge < -0.3 is 9.80 Å². The molecule has 1 saturated heterocycles. The number of carbonyl (C=O) groups excluding carboxylic acids is 1. The van der Waals surface area contributed by atoms with Crippen LogP contribution in [0.2, 0.25) is 0 Å². The lowest BCUT2D eigenvalue weighted by Gasteiger charge is -2.31. The van der Waals surface area contributed by atoms with Crippen LogP contribution in [-0.4, -0.2) is 79.4 Å². The van der Waals surface area contributed by atoms with Gasteiger partial charge in [-0.2, -0.15) is 0 Å². The van der Waals surface area contributed by atoms with Crippen LogP contribution in [0.5, 0.6) is 0 Å². The molecule has 3 aromatic rings. The van der Waals surface area contributed by atoms with Crippen molar-refractivity contribution in [3.63, 3.8) is 0 Å². The molecule has 1 fully saturated rings. The number of aromatic nitrogens is 2. The van der Waals surface area contributed by atoms with Gasteiger partial charge in [0, 0.05) is 63.7 Å². The van der Waals surface area contributed by atoms with Gasteiger partial charge in [0.1, 0.15) is 0 Å². The van der Waals surface area contributed by atoms with Crippen molar-refractivity contribution in [2.75, 3.05) is 58.8 Å². The van der Waals surface area contributed by atoms with Gasteiger partial charge in [-0.1, -0.05) is 23.5 Å². The number of benzene rings is 1. The molecule has 6 nitrogen and oxygen atoms in total. The van der Waals surface area contributed by atoms with E-state index in [0.29, 0.717) is 13.0 Å². The number of ketones is 1. The van der Waals surface area contributed by atoms with E-state index >= 15 is 0 Å². The number of piperazine rings is 1. The van der Waals surface area contributed by atoms with E-state index in [2.05, 4.69) is 51.1 Å². The van der Waals surface area contributed by atoms with E-state index in [9.17, 15) is 4.79 Å². The van der Waals surface area contributed by atoms with E-state index < -0.39 is 0 Å². The number of fused-ring (bicyclic) bond motifs is 1. The van der Waals surface area contributed by atoms with Gasteiger partial charge in [0.25, 0.3) is 0 Å². The maximum atomic E-state index is 12.5. The summed E-state index contributed by atoms with van der Waals surface area (Å²) in [6.45, 7) is 4.48. The lowest BCUT2D eigenvalue weighted by atomic mass is 10.1. The summed E-state index contributed by atoms with van der Waals surface area (Å²) < 4.78 is 0. The van der Waals surface area contributed by atoms with E-state index in [1.807, 2.05) is 31.4 Å². The number of anilines is 1. The van der Waals surface area contributed by atoms with Gasteiger partial charge in [-0.15, -0.1) is 0 Å². The van der Waals surface area contributed by atoms with Crippen molar-refractivity contribution in [3.05, 3.63) is 42.4 Å². The van der Waals surface area contributed by atoms with Crippen LogP contribution in [0.1, 0.15) is 5.69 Å². The standard InChI is InChI=1S/C22H27N5OS/c1-25(2)22-24-14-21(29-22)16-4-5-17-13-23-19(11-18(17)10-16)12-20(28)15-27-8-6-26(3)7-9-27/h4-5,10-11,13-14H,6-9,12,15H2,1-3H3. The van der Waals surface area contributed by atoms with Crippen LogP contribution in [0.3, 0.4) is 0 Å². The van der Waals surface area contributed by atoms with Crippen molar-refractivity contribution in [1.82, 2.24) is 19.8 Å². The number of hydrogen-bond acceptors (Lipinski definition) is 7. The van der Waals surface area contributed by atoms with Crippen LogP contribution in [0.25, 0.3) is 21.2 Å². The maximum Gasteiger partial charge on any atom is 0.185 e. The third kappa shape index (κ3) is 4.80. The predicted octanol–water partition coefficient (Wildman–Crippen LogP) is 2.78. The molecule has 0 radical (unpaired) electrons. The minimum Gasteiger partial charge on any atom is -0.354 e. The molecular formula is C22H27N5OS. The normalized spacial score (nSPS) is 15.7. The van der Waals surface area contributed by atoms with Gasteiger partial charge >= 0.3 is 0 Å². The molecule has 152 valence electrons. The second-order valence-electron chi connectivity index (χ2n) is 7.93. The fourth-order valence-electron chi connectivity index (χ4n) is 3.55. The molecule has 1 aliphatic heterocycles. The summed E-state index contributed by atoms with van der Waals surface area (Å²) >= 11 is 1.67. The Kier molecular flexibility index (Phi) is 5.89. The number of hydrogen-bond donors (Lipinski definition) is 0. The molecule has 4 rings (SSSR count). The molecule has 0 spiro atoms. The van der Waals surface area contributed by atoms with E-state index in [0.717, 1.165) is 58.2 Å². The largest absolute Gasteiger partial charge is 0.354 e. The Morgan fingerprint density at radius 1 is 1.07 bits per heavy atom. The average molecular weight is 410 g/mol. The molecule has 0 saturated carbocycles. The quantitative estimate of drug-likeness (QED) is 0.624. The second kappa shape index (κ2) is 8.57. The summed E-state index contributed by atoms with van der Waals surface area (Å²) in [5.41, 5.74) is 1.98. The van der Waals surface area contributed by atoms with E-state index in [1.165, 1.54) is 0 Å². The van der Waals surface area contributed by atoms with Crippen LogP contribution in [0, 0.1) is 0 Å². The van der Waals surface area contributed by atoms with Crippen LogP contribution in [0.15, 0.2) is 36.7 Å². The Balaban J connectivity index is 1.48. The molecule has 0 N–H and O–H groups in total. The van der Waals surface area contributed by atoms with Crippen molar-refractivity contribution in [2.24, 2.45) is 0 Å². The first-order valence-corrected chi connectivity index (χ1v) is 10.7. The SMILES string of the molecule is CN1CCN(CC(=O)Cc2cc3cc(-c4cnc(N(C)C)s4)ccc3cn2)CC1. The molecule has 1 aromatic carbocycles. The topological polar surface area (TPSA) is 52.6 Å². The highest BCUT2D eigenvalue weighted by molar-refractivity contribution is 7.18. The molecule has 29 heavy (non-hydrogen) atoms. The van der Waals surface area contributed by atoms with Crippen molar-refractivity contribution in [2.45, 2.75) is 6.42 Å². The van der Waals surface area contributed by atoms with E-state index in [4.69, 9.17) is 0 Å². The lowest BCUT2D eigenvalue weighted by Crippen LogP contribution is -2.46. The van der Waals surface area contributed by atoms with Gasteiger partial charge in [-0.05, 0) is 30.1 Å². The number of nitrogens with zero attached hydrogens (tertiary/aromatic N) is 5. The third-order valence-corrected chi connectivity index (χ3v) is 6.53. The number of rotatable bonds is 6. The third-order valence-electron chi connectivity index (χ3n) is 5.31. The van der Waals surface area contributed by atoms with Crippen molar-refractivity contribution >= 4 is 33.0 Å². The van der Waals surface area contributed by atoms with E-state index in [1.54, 1.807) is 11.3 Å². The molecule has 0 unspecified atom stereocenters. The van der Waals surface area contributed by atoms with Gasteiger partial charge in [0.2, 0.25) is 0 Å². The fraction of sp³-hybridized carbons (Fsp3) is 0.409. The van der Waals surface area contributed by atoms with Crippen molar-refractivity contribution in [1.29, 1.82) is 0 Å². The first kappa shape index (κ1) is 19.9. The first-order chi connectivity index (χ1) is 14.0. The zero-order valence-corrected chi connectivity index (χ0v) is 18.1. The molecule has 0 amide bonds. The van der Waals surface area contributed by atoms with E-state index in [-0.39, 0.29) is 5.78 Å². The summed E-state index contributed by atoms with van der Waals surface area (Å²) in [7, 11) is 6.13. The maximum absolute atomic E-state index is 12.5. The first-order valence-electron chi connectivity index (χ1n) is 9.93. The van der Waals surface area contributed by atoms with Crippen LogP contribution >= 0.6 is 11.3 Å². The second-order valence-corrected chi connectivity index (χ2v) is 8.94. The Morgan fingerprint density at radius 3 is 2.59 bits per heavy atom. The van der Waals surface area contributed by atoms with Gasteiger partial charge in [0.05, 0.1) is 17.8 Å². The Labute approximate surface area is 175 Å². The predicted molar refractivity (Wildman–Crippen MR) is 120 cm³/mol. The summed E-state index contributed by atoms with van der Waals surface area (Å²) in [6.07, 6.45) is 4.18. The molecule has 7 heteroatoms. The number of carbonyl (C=O) groups is 1. The van der Waals surface area contributed by atoms with Crippen molar-refractivity contribution < 1.29 is 4.79 Å². The molecule has 0 atom stereocenters. The molecule has 2 aromatic heterocycles. The van der Waals surface area contributed by atoms with Crippen LogP contribution < -0.4 is 4.90 Å². The minimum absolute atomic E-state index is 0.232. The zero-order chi connectivity index (χ0) is 20.4. The zero-order valence-electron chi connectivity index (χ0n) is 17.3. The van der Waals surface area contributed by atoms with Gasteiger partial charge in [-0.25, -0.2) is 4.98 Å². The Morgan fingerprint density at radius 2 is 1.86 bits per heavy atom. The highest BCUT2D eigenvalue weighted by Crippen LogP contribution is 2.32. The molecule has 0 aliphatic carbocycles. The number of pyridine rings is 1.